The van der Waals surface area contributed by atoms with Crippen molar-refractivity contribution in [2.24, 2.45) is 0 Å². The highest BCUT2D eigenvalue weighted by molar-refractivity contribution is 5.78. The first-order valence-electron chi connectivity index (χ1n) is 4.55. The summed E-state index contributed by atoms with van der Waals surface area (Å²) >= 11 is 0. The van der Waals surface area contributed by atoms with Crippen molar-refractivity contribution in [2.45, 2.75) is 12.6 Å². The van der Waals surface area contributed by atoms with Crippen LogP contribution in [0.1, 0.15) is 11.5 Å². The average Bonchev–Trinajstić information content (AvgIpc) is 2.55. The minimum atomic E-state index is -4.56. The Bertz CT molecular complexity index is 574. The molecule has 4 nitrogen and oxygen atoms in total. The van der Waals surface area contributed by atoms with Gasteiger partial charge in [0.1, 0.15) is 17.5 Å². The Kier molecular flexibility index (Phi) is 2.53. The first-order valence-corrected chi connectivity index (χ1v) is 4.55. The van der Waals surface area contributed by atoms with E-state index in [1.54, 1.807) is 0 Å². The van der Waals surface area contributed by atoms with Crippen molar-refractivity contribution in [3.8, 4) is 0 Å². The van der Waals surface area contributed by atoms with E-state index in [0.717, 1.165) is 6.07 Å². The minimum Gasteiger partial charge on any atom is -0.481 e. The molecule has 0 atom stereocenters. The van der Waals surface area contributed by atoms with Gasteiger partial charge >= 0.3 is 12.1 Å². The number of aliphatic carboxylic acids is 1. The summed E-state index contributed by atoms with van der Waals surface area (Å²) in [7, 11) is 0. The van der Waals surface area contributed by atoms with Crippen molar-refractivity contribution in [2.75, 3.05) is 0 Å². The molecule has 7 heteroatoms. The molecule has 0 fully saturated rings. The molecule has 0 aliphatic heterocycles. The Morgan fingerprint density at radius 2 is 2.12 bits per heavy atom. The lowest BCUT2D eigenvalue weighted by atomic mass is 10.2. The van der Waals surface area contributed by atoms with Gasteiger partial charge in [0.15, 0.2) is 5.58 Å². The number of carboxylic acids is 1. The second-order valence-corrected chi connectivity index (χ2v) is 3.33. The van der Waals surface area contributed by atoms with Crippen LogP contribution in [0.3, 0.4) is 0 Å². The Hall–Kier alpha value is -2.05. The molecule has 2 aromatic rings. The van der Waals surface area contributed by atoms with E-state index in [2.05, 4.69) is 4.98 Å². The fourth-order valence-electron chi connectivity index (χ4n) is 1.42. The van der Waals surface area contributed by atoms with E-state index in [4.69, 9.17) is 9.52 Å². The van der Waals surface area contributed by atoms with Crippen LogP contribution in [0.5, 0.6) is 0 Å². The molecular formula is C10H6F3NO3. The minimum absolute atomic E-state index is 0.00363. The monoisotopic (exact) mass is 245 g/mol. The number of nitrogens with zero attached hydrogens (tertiary/aromatic N) is 1. The molecule has 1 aromatic heterocycles. The van der Waals surface area contributed by atoms with Crippen LogP contribution in [-0.2, 0) is 17.4 Å². The molecular weight excluding hydrogens is 239 g/mol. The molecule has 0 saturated heterocycles. The number of aromatic nitrogens is 1. The number of carboxylic acid groups (broad SMARTS) is 1. The Morgan fingerprint density at radius 1 is 1.41 bits per heavy atom. The van der Waals surface area contributed by atoms with Crippen molar-refractivity contribution in [1.29, 1.82) is 0 Å². The number of hydrogen-bond acceptors (Lipinski definition) is 3. The van der Waals surface area contributed by atoms with E-state index in [0.29, 0.717) is 0 Å². The van der Waals surface area contributed by atoms with Gasteiger partial charge in [-0.2, -0.15) is 13.2 Å². The smallest absolute Gasteiger partial charge is 0.420 e. The summed E-state index contributed by atoms with van der Waals surface area (Å²) in [6, 6.07) is 3.38. The van der Waals surface area contributed by atoms with Crippen molar-refractivity contribution in [3.05, 3.63) is 29.7 Å². The van der Waals surface area contributed by atoms with Crippen LogP contribution in [0.15, 0.2) is 22.6 Å². The lowest BCUT2D eigenvalue weighted by Crippen LogP contribution is -2.04. The van der Waals surface area contributed by atoms with E-state index in [1.165, 1.54) is 12.1 Å². The number of hydrogen-bond donors (Lipinski definition) is 1. The molecule has 17 heavy (non-hydrogen) atoms. The van der Waals surface area contributed by atoms with Gasteiger partial charge in [0.05, 0.1) is 0 Å². The van der Waals surface area contributed by atoms with Crippen LogP contribution >= 0.6 is 0 Å². The highest BCUT2D eigenvalue weighted by Crippen LogP contribution is 2.34. The maximum atomic E-state index is 12.6. The van der Waals surface area contributed by atoms with Gasteiger partial charge in [0, 0.05) is 0 Å². The number of benzene rings is 1. The van der Waals surface area contributed by atoms with Crippen LogP contribution in [0.25, 0.3) is 11.1 Å². The molecule has 0 aliphatic carbocycles. The Labute approximate surface area is 92.7 Å². The Balaban J connectivity index is 2.57. The SMILES string of the molecule is O=C(O)Cc1nc2cccc(C(F)(F)F)c2o1. The summed E-state index contributed by atoms with van der Waals surface area (Å²) in [6.45, 7) is 0. The summed E-state index contributed by atoms with van der Waals surface area (Å²) in [5.74, 6) is -1.46. The zero-order chi connectivity index (χ0) is 12.6. The summed E-state index contributed by atoms with van der Waals surface area (Å²) in [5, 5.41) is 8.50. The molecule has 0 aliphatic rings. The van der Waals surface area contributed by atoms with Gasteiger partial charge < -0.3 is 9.52 Å². The number of halogens is 3. The second-order valence-electron chi connectivity index (χ2n) is 3.33. The van der Waals surface area contributed by atoms with Crippen molar-refractivity contribution in [3.63, 3.8) is 0 Å². The molecule has 2 rings (SSSR count). The van der Waals surface area contributed by atoms with E-state index in [9.17, 15) is 18.0 Å². The van der Waals surface area contributed by atoms with E-state index in [-0.39, 0.29) is 11.4 Å². The normalized spacial score (nSPS) is 11.9. The highest BCUT2D eigenvalue weighted by Gasteiger charge is 2.34. The maximum absolute atomic E-state index is 12.6. The lowest BCUT2D eigenvalue weighted by Gasteiger charge is -2.05. The molecule has 0 saturated carbocycles. The van der Waals surface area contributed by atoms with Gasteiger partial charge in [-0.3, -0.25) is 4.79 Å². The second kappa shape index (κ2) is 3.76. The largest absolute Gasteiger partial charge is 0.481 e. The summed E-state index contributed by atoms with van der Waals surface area (Å²) < 4.78 is 42.6. The predicted octanol–water partition coefficient (Wildman–Crippen LogP) is 2.47. The van der Waals surface area contributed by atoms with Gasteiger partial charge in [-0.25, -0.2) is 4.98 Å². The molecule has 1 aromatic carbocycles. The average molecular weight is 245 g/mol. The number of alkyl halides is 3. The molecule has 90 valence electrons. The van der Waals surface area contributed by atoms with E-state index in [1.807, 2.05) is 0 Å². The number of fused-ring (bicyclic) bond motifs is 1. The number of oxazole rings is 1. The van der Waals surface area contributed by atoms with Gasteiger partial charge in [-0.05, 0) is 12.1 Å². The van der Waals surface area contributed by atoms with Gasteiger partial charge in [-0.1, -0.05) is 6.07 Å². The van der Waals surface area contributed by atoms with Crippen LogP contribution in [0, 0.1) is 0 Å². The zero-order valence-corrected chi connectivity index (χ0v) is 8.28. The quantitative estimate of drug-likeness (QED) is 0.882. The molecule has 0 unspecified atom stereocenters. The summed E-state index contributed by atoms with van der Waals surface area (Å²) in [5.41, 5.74) is -1.40. The molecule has 0 spiro atoms. The van der Waals surface area contributed by atoms with Gasteiger partial charge in [0.2, 0.25) is 5.89 Å². The summed E-state index contributed by atoms with van der Waals surface area (Å²) in [4.78, 5) is 14.1. The molecule has 1 N–H and O–H groups in total. The number of carbonyl (C=O) groups is 1. The van der Waals surface area contributed by atoms with E-state index < -0.39 is 29.7 Å². The van der Waals surface area contributed by atoms with Crippen molar-refractivity contribution >= 4 is 17.1 Å². The van der Waals surface area contributed by atoms with Crippen LogP contribution in [0.2, 0.25) is 0 Å². The first-order chi connectivity index (χ1) is 7.88. The van der Waals surface area contributed by atoms with E-state index >= 15 is 0 Å². The maximum Gasteiger partial charge on any atom is 0.420 e. The highest BCUT2D eigenvalue weighted by atomic mass is 19.4. The fraction of sp³-hybridized carbons (Fsp3) is 0.200. The lowest BCUT2D eigenvalue weighted by molar-refractivity contribution is -0.137. The molecule has 0 amide bonds. The third-order valence-electron chi connectivity index (χ3n) is 2.07. The third kappa shape index (κ3) is 2.22. The standard InChI is InChI=1S/C10H6F3NO3/c11-10(12,13)5-2-1-3-6-9(5)17-7(14-6)4-8(15)16/h1-3H,4H2,(H,15,16). The fourth-order valence-corrected chi connectivity index (χ4v) is 1.42. The molecule has 1 heterocycles. The van der Waals surface area contributed by atoms with Gasteiger partial charge in [0.25, 0.3) is 0 Å². The number of rotatable bonds is 2. The zero-order valence-electron chi connectivity index (χ0n) is 8.28. The van der Waals surface area contributed by atoms with Gasteiger partial charge in [-0.15, -0.1) is 0 Å². The van der Waals surface area contributed by atoms with Crippen LogP contribution in [0.4, 0.5) is 13.2 Å². The Morgan fingerprint density at radius 3 is 2.71 bits per heavy atom. The van der Waals surface area contributed by atoms with Crippen molar-refractivity contribution in [1.82, 2.24) is 4.98 Å². The first kappa shape index (κ1) is 11.4. The number of para-hydroxylation sites is 1. The predicted molar refractivity (Wildman–Crippen MR) is 50.4 cm³/mol. The van der Waals surface area contributed by atoms with Crippen molar-refractivity contribution < 1.29 is 27.5 Å². The van der Waals surface area contributed by atoms with Crippen LogP contribution < -0.4 is 0 Å². The molecule has 0 radical (unpaired) electrons. The topological polar surface area (TPSA) is 63.3 Å². The summed E-state index contributed by atoms with van der Waals surface area (Å²) in [6.07, 6.45) is -5.11. The molecule has 0 bridgehead atoms. The third-order valence-corrected chi connectivity index (χ3v) is 2.07. The van der Waals surface area contributed by atoms with Crippen LogP contribution in [-0.4, -0.2) is 16.1 Å².